The molecule has 56 valence electrons. The molecule has 0 aromatic rings. The van der Waals surface area contributed by atoms with Crippen LogP contribution < -0.4 is 0 Å². The van der Waals surface area contributed by atoms with Crippen LogP contribution >= 0.6 is 49.6 Å². The van der Waals surface area contributed by atoms with Gasteiger partial charge < -0.3 is 0 Å². The summed E-state index contributed by atoms with van der Waals surface area (Å²) >= 11 is 14.4. The van der Waals surface area contributed by atoms with E-state index in [0.717, 1.165) is 11.5 Å². The Morgan fingerprint density at radius 2 is 2.00 bits per heavy atom. The summed E-state index contributed by atoms with van der Waals surface area (Å²) in [4.78, 5) is 0. The van der Waals surface area contributed by atoms with Gasteiger partial charge in [-0.2, -0.15) is 37.9 Å². The fourth-order valence-electron chi connectivity index (χ4n) is 0.313. The smallest absolute Gasteiger partial charge is 0.0585 e. The number of hydrogen-bond acceptors (Lipinski definition) is 4. The Bertz CT molecular complexity index is 64.0. The maximum Gasteiger partial charge on any atom is 0.0585 e. The van der Waals surface area contributed by atoms with Crippen LogP contribution in [0, 0.1) is 0 Å². The van der Waals surface area contributed by atoms with Crippen molar-refractivity contribution >= 4 is 49.6 Å². The molecule has 0 amide bonds. The highest BCUT2D eigenvalue weighted by Gasteiger charge is 2.07. The topological polar surface area (TPSA) is 0 Å². The van der Waals surface area contributed by atoms with Crippen LogP contribution in [-0.4, -0.2) is 21.3 Å². The first-order chi connectivity index (χ1) is 4.18. The minimum absolute atomic E-state index is 0.348. The zero-order valence-corrected chi connectivity index (χ0v) is 8.82. The summed E-state index contributed by atoms with van der Waals surface area (Å²) in [5, 5.41) is 0.359. The molecule has 0 N–H and O–H groups in total. The summed E-state index contributed by atoms with van der Waals surface area (Å²) in [7, 11) is 0. The lowest BCUT2D eigenvalue weighted by molar-refractivity contribution is 1.10. The van der Waals surface area contributed by atoms with Gasteiger partial charge in [0.2, 0.25) is 0 Å². The van der Waals surface area contributed by atoms with Crippen LogP contribution in [0.1, 0.15) is 6.92 Å². The third-order valence-electron chi connectivity index (χ3n) is 0.793. The second-order valence-corrected chi connectivity index (χ2v) is 5.14. The van der Waals surface area contributed by atoms with Gasteiger partial charge in [-0.15, -0.1) is 11.8 Å². The lowest BCUT2D eigenvalue weighted by Crippen LogP contribution is -2.07. The first-order valence-electron chi connectivity index (χ1n) is 2.77. The standard InChI is InChI=1S/C5H12S4/c1-4(7)5(8)9-3-2-6/h4-8H,2-3H2,1H3. The number of thiol groups is 3. The van der Waals surface area contributed by atoms with Gasteiger partial charge >= 0.3 is 0 Å². The summed E-state index contributed by atoms with van der Waals surface area (Å²) in [5.41, 5.74) is 0. The van der Waals surface area contributed by atoms with E-state index in [1.807, 2.05) is 6.92 Å². The normalized spacial score (nSPS) is 17.3. The molecule has 0 heterocycles. The van der Waals surface area contributed by atoms with Crippen LogP contribution in [0.2, 0.25) is 0 Å². The molecular formula is C5H12S4. The van der Waals surface area contributed by atoms with E-state index in [0.29, 0.717) is 9.83 Å². The third kappa shape index (κ3) is 5.83. The van der Waals surface area contributed by atoms with E-state index in [1.54, 1.807) is 11.8 Å². The van der Waals surface area contributed by atoms with Gasteiger partial charge in [0.1, 0.15) is 0 Å². The van der Waals surface area contributed by atoms with E-state index in [-0.39, 0.29) is 0 Å². The zero-order chi connectivity index (χ0) is 7.28. The van der Waals surface area contributed by atoms with E-state index in [9.17, 15) is 0 Å². The molecule has 0 fully saturated rings. The van der Waals surface area contributed by atoms with Crippen molar-refractivity contribution in [3.05, 3.63) is 0 Å². The first-order valence-corrected chi connectivity index (χ1v) is 5.48. The molecule has 0 nitrogen and oxygen atoms in total. The molecule has 2 atom stereocenters. The Kier molecular flexibility index (Phi) is 7.09. The van der Waals surface area contributed by atoms with Crippen molar-refractivity contribution in [1.29, 1.82) is 0 Å². The van der Waals surface area contributed by atoms with Crippen LogP contribution in [0.3, 0.4) is 0 Å². The molecule has 0 aromatic carbocycles. The fourth-order valence-corrected chi connectivity index (χ4v) is 1.83. The van der Waals surface area contributed by atoms with Gasteiger partial charge in [0, 0.05) is 11.0 Å². The van der Waals surface area contributed by atoms with Crippen molar-refractivity contribution in [2.75, 3.05) is 11.5 Å². The molecule has 0 rings (SSSR count). The van der Waals surface area contributed by atoms with Gasteiger partial charge in [-0.3, -0.25) is 0 Å². The summed E-state index contributed by atoms with van der Waals surface area (Å²) in [6.45, 7) is 2.05. The molecule has 9 heavy (non-hydrogen) atoms. The number of thioether (sulfide) groups is 1. The van der Waals surface area contributed by atoms with E-state index in [4.69, 9.17) is 0 Å². The van der Waals surface area contributed by atoms with Gasteiger partial charge in [-0.25, -0.2) is 0 Å². The average molecular weight is 200 g/mol. The molecule has 0 aliphatic heterocycles. The highest BCUT2D eigenvalue weighted by Crippen LogP contribution is 2.21. The molecular weight excluding hydrogens is 188 g/mol. The van der Waals surface area contributed by atoms with E-state index >= 15 is 0 Å². The number of rotatable bonds is 4. The van der Waals surface area contributed by atoms with Crippen LogP contribution in [0.15, 0.2) is 0 Å². The number of hydrogen-bond donors (Lipinski definition) is 3. The quantitative estimate of drug-likeness (QED) is 0.462. The van der Waals surface area contributed by atoms with Crippen molar-refractivity contribution in [3.63, 3.8) is 0 Å². The predicted octanol–water partition coefficient (Wildman–Crippen LogP) is 2.22. The summed E-state index contributed by atoms with van der Waals surface area (Å²) in [5.74, 6) is 1.98. The second-order valence-electron chi connectivity index (χ2n) is 1.73. The van der Waals surface area contributed by atoms with Crippen molar-refractivity contribution in [3.8, 4) is 0 Å². The third-order valence-corrected chi connectivity index (χ3v) is 4.14. The van der Waals surface area contributed by atoms with E-state index in [1.165, 1.54) is 0 Å². The van der Waals surface area contributed by atoms with Crippen LogP contribution in [0.5, 0.6) is 0 Å². The minimum Gasteiger partial charge on any atom is -0.179 e. The summed E-state index contributed by atoms with van der Waals surface area (Å²) in [6.07, 6.45) is 0. The SMILES string of the molecule is CC(S)C(S)SCCS. The zero-order valence-electron chi connectivity index (χ0n) is 5.32. The Morgan fingerprint density at radius 3 is 2.33 bits per heavy atom. The molecule has 0 aromatic heterocycles. The molecule has 0 radical (unpaired) electrons. The molecule has 2 unspecified atom stereocenters. The molecule has 0 spiro atoms. The van der Waals surface area contributed by atoms with Gasteiger partial charge in [0.05, 0.1) is 4.58 Å². The maximum atomic E-state index is 4.31. The van der Waals surface area contributed by atoms with Gasteiger partial charge in [-0.1, -0.05) is 6.92 Å². The summed E-state index contributed by atoms with van der Waals surface area (Å²) in [6, 6.07) is 0. The molecule has 0 bridgehead atoms. The van der Waals surface area contributed by atoms with Crippen LogP contribution in [0.4, 0.5) is 0 Å². The fraction of sp³-hybridized carbons (Fsp3) is 1.00. The lowest BCUT2D eigenvalue weighted by Gasteiger charge is -2.11. The van der Waals surface area contributed by atoms with E-state index in [2.05, 4.69) is 37.9 Å². The Balaban J connectivity index is 3.16. The largest absolute Gasteiger partial charge is 0.179 e. The maximum absolute atomic E-state index is 4.31. The second kappa shape index (κ2) is 6.13. The highest BCUT2D eigenvalue weighted by atomic mass is 32.2. The van der Waals surface area contributed by atoms with Crippen LogP contribution in [-0.2, 0) is 0 Å². The van der Waals surface area contributed by atoms with Crippen molar-refractivity contribution < 1.29 is 0 Å². The molecule has 0 saturated heterocycles. The van der Waals surface area contributed by atoms with E-state index < -0.39 is 0 Å². The minimum atomic E-state index is 0.348. The van der Waals surface area contributed by atoms with Crippen LogP contribution in [0.25, 0.3) is 0 Å². The molecule has 0 aliphatic rings. The van der Waals surface area contributed by atoms with Gasteiger partial charge in [0.25, 0.3) is 0 Å². The van der Waals surface area contributed by atoms with Crippen molar-refractivity contribution in [2.24, 2.45) is 0 Å². The van der Waals surface area contributed by atoms with Crippen molar-refractivity contribution in [1.82, 2.24) is 0 Å². The Morgan fingerprint density at radius 1 is 1.44 bits per heavy atom. The average Bonchev–Trinajstić information content (AvgIpc) is 1.82. The summed E-state index contributed by atoms with van der Waals surface area (Å²) < 4.78 is 0.348. The van der Waals surface area contributed by atoms with Gasteiger partial charge in [0.15, 0.2) is 0 Å². The predicted molar refractivity (Wildman–Crippen MR) is 57.5 cm³/mol. The lowest BCUT2D eigenvalue weighted by atomic mass is 10.5. The first kappa shape index (κ1) is 10.4. The molecule has 0 saturated carbocycles. The molecule has 0 aliphatic carbocycles. The molecule has 4 heteroatoms. The monoisotopic (exact) mass is 200 g/mol. The highest BCUT2D eigenvalue weighted by molar-refractivity contribution is 8.11. The Labute approximate surface area is 77.8 Å². The van der Waals surface area contributed by atoms with Crippen molar-refractivity contribution in [2.45, 2.75) is 16.8 Å². The van der Waals surface area contributed by atoms with Gasteiger partial charge in [-0.05, 0) is 5.75 Å². The Hall–Kier alpha value is 1.40.